The maximum Gasteiger partial charge on any atom is 0.180 e. The van der Waals surface area contributed by atoms with Gasteiger partial charge in [0.1, 0.15) is 5.69 Å². The predicted octanol–water partition coefficient (Wildman–Crippen LogP) is 2.48. The molecule has 4 heteroatoms. The lowest BCUT2D eigenvalue weighted by molar-refractivity contribution is 0.420. The molecule has 0 fully saturated rings. The van der Waals surface area contributed by atoms with Crippen LogP contribution >= 0.6 is 0 Å². The van der Waals surface area contributed by atoms with E-state index in [1.54, 1.807) is 12.4 Å². The predicted molar refractivity (Wildman–Crippen MR) is 65.6 cm³/mol. The Hall–Kier alpha value is -1.71. The summed E-state index contributed by atoms with van der Waals surface area (Å²) in [4.78, 5) is 8.57. The van der Waals surface area contributed by atoms with Crippen LogP contribution in [0.1, 0.15) is 37.9 Å². The molecule has 1 N–H and O–H groups in total. The van der Waals surface area contributed by atoms with E-state index >= 15 is 0 Å². The van der Waals surface area contributed by atoms with Crippen LogP contribution in [0.25, 0.3) is 11.5 Å². The first-order valence-corrected chi connectivity index (χ1v) is 6.03. The lowest BCUT2D eigenvalue weighted by Crippen LogP contribution is -2.23. The van der Waals surface area contributed by atoms with Gasteiger partial charge in [0.15, 0.2) is 5.82 Å². The van der Waals surface area contributed by atoms with Crippen molar-refractivity contribution in [3.63, 3.8) is 0 Å². The molecule has 4 nitrogen and oxygen atoms in total. The largest absolute Gasteiger partial charge is 0.281 e. The summed E-state index contributed by atoms with van der Waals surface area (Å²) in [6.45, 7) is 4.53. The van der Waals surface area contributed by atoms with Crippen molar-refractivity contribution in [2.75, 3.05) is 0 Å². The minimum atomic E-state index is 0.188. The van der Waals surface area contributed by atoms with Gasteiger partial charge in [-0.15, -0.1) is 0 Å². The number of nitrogens with one attached hydrogen (secondary N) is 1. The van der Waals surface area contributed by atoms with Gasteiger partial charge in [-0.05, 0) is 25.3 Å². The number of hydrogen-bond donors (Lipinski definition) is 1. The number of fused-ring (bicyclic) bond motifs is 1. The Morgan fingerprint density at radius 3 is 2.76 bits per heavy atom. The van der Waals surface area contributed by atoms with Crippen LogP contribution in [0.15, 0.2) is 18.5 Å². The van der Waals surface area contributed by atoms with E-state index in [-0.39, 0.29) is 5.41 Å². The summed E-state index contributed by atoms with van der Waals surface area (Å²) in [5.74, 6) is 0.725. The summed E-state index contributed by atoms with van der Waals surface area (Å²) < 4.78 is 0. The standard InChI is InChI=1S/C13H16N4/c1-13(2)6-3-5-9-10(16-17-11(9)13)12-14-7-4-8-15-12/h4,7-8H,3,5-6H2,1-2H3,(H,16,17). The van der Waals surface area contributed by atoms with Gasteiger partial charge in [-0.2, -0.15) is 5.10 Å². The van der Waals surface area contributed by atoms with Crippen molar-refractivity contribution in [1.82, 2.24) is 20.2 Å². The Kier molecular flexibility index (Phi) is 2.24. The van der Waals surface area contributed by atoms with E-state index in [9.17, 15) is 0 Å². The summed E-state index contributed by atoms with van der Waals surface area (Å²) in [7, 11) is 0. The highest BCUT2D eigenvalue weighted by atomic mass is 15.1. The highest BCUT2D eigenvalue weighted by molar-refractivity contribution is 5.57. The van der Waals surface area contributed by atoms with Gasteiger partial charge < -0.3 is 0 Å². The normalized spacial score (nSPS) is 17.8. The average Bonchev–Trinajstić information content (AvgIpc) is 2.75. The van der Waals surface area contributed by atoms with Gasteiger partial charge in [0.05, 0.1) is 0 Å². The van der Waals surface area contributed by atoms with Crippen LogP contribution in [0.3, 0.4) is 0 Å². The van der Waals surface area contributed by atoms with Gasteiger partial charge in [0, 0.05) is 29.1 Å². The molecule has 0 aliphatic heterocycles. The Bertz CT molecular complexity index is 528. The summed E-state index contributed by atoms with van der Waals surface area (Å²) >= 11 is 0. The second kappa shape index (κ2) is 3.65. The molecule has 0 unspecified atom stereocenters. The maximum absolute atomic E-state index is 4.41. The molecule has 88 valence electrons. The molecule has 1 aliphatic rings. The Labute approximate surface area is 101 Å². The van der Waals surface area contributed by atoms with Gasteiger partial charge in [0.25, 0.3) is 0 Å². The smallest absolute Gasteiger partial charge is 0.180 e. The van der Waals surface area contributed by atoms with Crippen molar-refractivity contribution < 1.29 is 0 Å². The zero-order valence-corrected chi connectivity index (χ0v) is 10.2. The third-order valence-electron chi connectivity index (χ3n) is 3.55. The van der Waals surface area contributed by atoms with Crippen LogP contribution in [0.2, 0.25) is 0 Å². The van der Waals surface area contributed by atoms with Crippen LogP contribution in [-0.4, -0.2) is 20.2 Å². The first-order chi connectivity index (χ1) is 8.18. The second-order valence-electron chi connectivity index (χ2n) is 5.24. The molecule has 0 atom stereocenters. The van der Waals surface area contributed by atoms with Crippen molar-refractivity contribution in [3.05, 3.63) is 29.7 Å². The number of nitrogens with zero attached hydrogens (tertiary/aromatic N) is 3. The Balaban J connectivity index is 2.13. The van der Waals surface area contributed by atoms with Crippen LogP contribution in [0.5, 0.6) is 0 Å². The minimum Gasteiger partial charge on any atom is -0.281 e. The van der Waals surface area contributed by atoms with Crippen molar-refractivity contribution >= 4 is 0 Å². The number of H-pyrrole nitrogens is 1. The van der Waals surface area contributed by atoms with Crippen LogP contribution in [0.4, 0.5) is 0 Å². The minimum absolute atomic E-state index is 0.188. The highest BCUT2D eigenvalue weighted by Crippen LogP contribution is 2.38. The Morgan fingerprint density at radius 2 is 2.00 bits per heavy atom. The number of aromatic amines is 1. The van der Waals surface area contributed by atoms with Crippen LogP contribution in [0, 0.1) is 0 Å². The molecule has 0 radical (unpaired) electrons. The molecule has 3 rings (SSSR count). The fraction of sp³-hybridized carbons (Fsp3) is 0.462. The SMILES string of the molecule is CC1(C)CCCc2c(-c3ncccn3)n[nH]c21. The maximum atomic E-state index is 4.41. The third-order valence-corrected chi connectivity index (χ3v) is 3.55. The fourth-order valence-electron chi connectivity index (χ4n) is 2.61. The van der Waals surface area contributed by atoms with Crippen molar-refractivity contribution in [2.24, 2.45) is 0 Å². The first kappa shape index (κ1) is 10.4. The molecule has 0 spiro atoms. The topological polar surface area (TPSA) is 54.5 Å². The molecule has 0 bridgehead atoms. The van der Waals surface area contributed by atoms with Gasteiger partial charge >= 0.3 is 0 Å². The second-order valence-corrected chi connectivity index (χ2v) is 5.24. The van der Waals surface area contributed by atoms with E-state index < -0.39 is 0 Å². The first-order valence-electron chi connectivity index (χ1n) is 6.03. The van der Waals surface area contributed by atoms with E-state index in [4.69, 9.17) is 0 Å². The van der Waals surface area contributed by atoms with Crippen LogP contribution in [-0.2, 0) is 11.8 Å². The lowest BCUT2D eigenvalue weighted by Gasteiger charge is -2.29. The monoisotopic (exact) mass is 228 g/mol. The summed E-state index contributed by atoms with van der Waals surface area (Å²) in [6, 6.07) is 1.83. The molecule has 2 aromatic rings. The van der Waals surface area contributed by atoms with Gasteiger partial charge in [-0.25, -0.2) is 9.97 Å². The summed E-state index contributed by atoms with van der Waals surface area (Å²) in [5, 5.41) is 7.60. The van der Waals surface area contributed by atoms with Gasteiger partial charge in [-0.3, -0.25) is 5.10 Å². The molecule has 0 amide bonds. The zero-order chi connectivity index (χ0) is 11.9. The molecule has 2 aromatic heterocycles. The highest BCUT2D eigenvalue weighted by Gasteiger charge is 2.32. The fourth-order valence-corrected chi connectivity index (χ4v) is 2.61. The summed E-state index contributed by atoms with van der Waals surface area (Å²) in [6.07, 6.45) is 7.01. The number of hydrogen-bond acceptors (Lipinski definition) is 3. The molecule has 0 saturated heterocycles. The lowest BCUT2D eigenvalue weighted by atomic mass is 9.76. The number of rotatable bonds is 1. The molecular formula is C13H16N4. The van der Waals surface area contributed by atoms with Crippen LogP contribution < -0.4 is 0 Å². The molecule has 1 aliphatic carbocycles. The van der Waals surface area contributed by atoms with E-state index in [1.807, 2.05) is 6.07 Å². The molecule has 17 heavy (non-hydrogen) atoms. The van der Waals surface area contributed by atoms with Gasteiger partial charge in [-0.1, -0.05) is 13.8 Å². The molecule has 0 saturated carbocycles. The molecule has 0 aromatic carbocycles. The zero-order valence-electron chi connectivity index (χ0n) is 10.2. The van der Waals surface area contributed by atoms with Crippen molar-refractivity contribution in [1.29, 1.82) is 0 Å². The average molecular weight is 228 g/mol. The van der Waals surface area contributed by atoms with E-state index in [2.05, 4.69) is 34.0 Å². The Morgan fingerprint density at radius 1 is 1.24 bits per heavy atom. The van der Waals surface area contributed by atoms with E-state index in [0.717, 1.165) is 17.9 Å². The molecule has 2 heterocycles. The molecular weight excluding hydrogens is 212 g/mol. The quantitative estimate of drug-likeness (QED) is 0.815. The summed E-state index contributed by atoms with van der Waals surface area (Å²) in [5.41, 5.74) is 3.67. The van der Waals surface area contributed by atoms with E-state index in [0.29, 0.717) is 0 Å². The third kappa shape index (κ3) is 1.64. The van der Waals surface area contributed by atoms with E-state index in [1.165, 1.54) is 24.1 Å². The van der Waals surface area contributed by atoms with Gasteiger partial charge in [0.2, 0.25) is 0 Å². The van der Waals surface area contributed by atoms with Crippen molar-refractivity contribution in [2.45, 2.75) is 38.5 Å². The number of aromatic nitrogens is 4. The van der Waals surface area contributed by atoms with Crippen molar-refractivity contribution in [3.8, 4) is 11.5 Å².